The second kappa shape index (κ2) is 7.07. The van der Waals surface area contributed by atoms with Crippen molar-refractivity contribution >= 4 is 21.8 Å². The topological polar surface area (TPSA) is 29.5 Å². The number of halogens is 1. The molecule has 0 radical (unpaired) electrons. The van der Waals surface area contributed by atoms with Crippen LogP contribution in [0.1, 0.15) is 52.4 Å². The molecule has 0 aromatic heterocycles. The van der Waals surface area contributed by atoms with Crippen molar-refractivity contribution in [1.29, 1.82) is 0 Å². The highest BCUT2D eigenvalue weighted by Crippen LogP contribution is 2.30. The van der Waals surface area contributed by atoms with Gasteiger partial charge < -0.3 is 9.64 Å². The number of carbonyl (C=O) groups is 1. The van der Waals surface area contributed by atoms with E-state index in [1.807, 2.05) is 0 Å². The van der Waals surface area contributed by atoms with Crippen molar-refractivity contribution in [3.8, 4) is 0 Å². The molecule has 2 saturated heterocycles. The van der Waals surface area contributed by atoms with Crippen molar-refractivity contribution in [2.75, 3.05) is 13.2 Å². The highest BCUT2D eigenvalue weighted by atomic mass is 79.9. The summed E-state index contributed by atoms with van der Waals surface area (Å²) in [6, 6.07) is 0.425. The van der Waals surface area contributed by atoms with Gasteiger partial charge in [0, 0.05) is 24.0 Å². The SMILES string of the molecule is CCC1OCCC1C(=O)N1CCCCC1CC(C)Br. The van der Waals surface area contributed by atoms with Crippen LogP contribution in [0, 0.1) is 5.92 Å². The maximum absolute atomic E-state index is 12.8. The zero-order chi connectivity index (χ0) is 13.8. The molecule has 2 aliphatic rings. The van der Waals surface area contributed by atoms with Gasteiger partial charge in [0.05, 0.1) is 12.0 Å². The Bertz CT molecular complexity index is 309. The van der Waals surface area contributed by atoms with E-state index in [2.05, 4.69) is 34.7 Å². The number of carbonyl (C=O) groups excluding carboxylic acids is 1. The first-order chi connectivity index (χ1) is 9.13. The summed E-state index contributed by atoms with van der Waals surface area (Å²) in [5, 5.41) is 0. The molecule has 2 aliphatic heterocycles. The van der Waals surface area contributed by atoms with Crippen LogP contribution in [-0.2, 0) is 9.53 Å². The Morgan fingerprint density at radius 1 is 1.42 bits per heavy atom. The average molecular weight is 332 g/mol. The number of alkyl halides is 1. The molecule has 0 saturated carbocycles. The lowest BCUT2D eigenvalue weighted by Gasteiger charge is -2.38. The van der Waals surface area contributed by atoms with Crippen molar-refractivity contribution in [3.05, 3.63) is 0 Å². The van der Waals surface area contributed by atoms with Crippen molar-refractivity contribution in [1.82, 2.24) is 4.90 Å². The molecule has 2 rings (SSSR count). The Morgan fingerprint density at radius 3 is 2.89 bits per heavy atom. The van der Waals surface area contributed by atoms with Gasteiger partial charge >= 0.3 is 0 Å². The highest BCUT2D eigenvalue weighted by molar-refractivity contribution is 9.09. The number of ether oxygens (including phenoxy) is 1. The van der Waals surface area contributed by atoms with E-state index in [0.717, 1.165) is 45.3 Å². The van der Waals surface area contributed by atoms with Crippen LogP contribution in [-0.4, -0.2) is 40.9 Å². The summed E-state index contributed by atoms with van der Waals surface area (Å²) in [5.74, 6) is 0.457. The predicted molar refractivity (Wildman–Crippen MR) is 80.5 cm³/mol. The number of piperidine rings is 1. The molecule has 4 unspecified atom stereocenters. The fourth-order valence-corrected chi connectivity index (χ4v) is 3.89. The maximum atomic E-state index is 12.8. The van der Waals surface area contributed by atoms with E-state index in [0.29, 0.717) is 16.8 Å². The average Bonchev–Trinajstić information content (AvgIpc) is 2.86. The minimum atomic E-state index is 0.108. The van der Waals surface area contributed by atoms with Crippen LogP contribution >= 0.6 is 15.9 Å². The lowest BCUT2D eigenvalue weighted by atomic mass is 9.92. The van der Waals surface area contributed by atoms with E-state index in [1.165, 1.54) is 6.42 Å². The number of amides is 1. The van der Waals surface area contributed by atoms with E-state index in [9.17, 15) is 4.79 Å². The van der Waals surface area contributed by atoms with Crippen molar-refractivity contribution < 1.29 is 9.53 Å². The molecule has 2 fully saturated rings. The Labute approximate surface area is 125 Å². The molecule has 0 N–H and O–H groups in total. The summed E-state index contributed by atoms with van der Waals surface area (Å²) in [4.78, 5) is 15.4. The molecule has 3 nitrogen and oxygen atoms in total. The van der Waals surface area contributed by atoms with Gasteiger partial charge in [0.25, 0.3) is 0 Å². The normalized spacial score (nSPS) is 33.4. The molecule has 4 atom stereocenters. The van der Waals surface area contributed by atoms with Gasteiger partial charge in [-0.15, -0.1) is 0 Å². The molecule has 0 aromatic rings. The van der Waals surface area contributed by atoms with Gasteiger partial charge in [0.1, 0.15) is 0 Å². The molecule has 2 heterocycles. The number of hydrogen-bond donors (Lipinski definition) is 0. The zero-order valence-electron chi connectivity index (χ0n) is 12.1. The van der Waals surface area contributed by atoms with E-state index in [-0.39, 0.29) is 12.0 Å². The van der Waals surface area contributed by atoms with Crippen molar-refractivity contribution in [3.63, 3.8) is 0 Å². The smallest absolute Gasteiger partial charge is 0.228 e. The van der Waals surface area contributed by atoms with E-state index in [4.69, 9.17) is 4.74 Å². The largest absolute Gasteiger partial charge is 0.377 e. The summed E-state index contributed by atoms with van der Waals surface area (Å²) in [6.07, 6.45) is 6.64. The van der Waals surface area contributed by atoms with Crippen LogP contribution in [0.15, 0.2) is 0 Å². The molecule has 19 heavy (non-hydrogen) atoms. The van der Waals surface area contributed by atoms with Crippen LogP contribution < -0.4 is 0 Å². The van der Waals surface area contributed by atoms with Gasteiger partial charge in [-0.2, -0.15) is 0 Å². The van der Waals surface area contributed by atoms with Crippen molar-refractivity contribution in [2.45, 2.75) is 69.3 Å². The second-order valence-electron chi connectivity index (χ2n) is 5.91. The van der Waals surface area contributed by atoms with Crippen LogP contribution in [0.3, 0.4) is 0 Å². The quantitative estimate of drug-likeness (QED) is 0.739. The first kappa shape index (κ1) is 15.3. The monoisotopic (exact) mass is 331 g/mol. The number of likely N-dealkylation sites (tertiary alicyclic amines) is 1. The fourth-order valence-electron chi connectivity index (χ4n) is 3.46. The molecule has 0 aliphatic carbocycles. The minimum Gasteiger partial charge on any atom is -0.377 e. The fraction of sp³-hybridized carbons (Fsp3) is 0.933. The van der Waals surface area contributed by atoms with E-state index < -0.39 is 0 Å². The predicted octanol–water partition coefficient (Wildman–Crippen LogP) is 3.36. The van der Waals surface area contributed by atoms with Gasteiger partial charge in [0.2, 0.25) is 5.91 Å². The van der Waals surface area contributed by atoms with E-state index >= 15 is 0 Å². The summed E-state index contributed by atoms with van der Waals surface area (Å²) in [5.41, 5.74) is 0. The third-order valence-corrected chi connectivity index (χ3v) is 4.81. The molecule has 0 spiro atoms. The number of nitrogens with zero attached hydrogens (tertiary/aromatic N) is 1. The molecule has 110 valence electrons. The first-order valence-corrected chi connectivity index (χ1v) is 8.61. The molecule has 1 amide bonds. The third kappa shape index (κ3) is 3.72. The lowest BCUT2D eigenvalue weighted by Crippen LogP contribution is -2.48. The molecular formula is C15H26BrNO2. The van der Waals surface area contributed by atoms with Gasteiger partial charge in [-0.1, -0.05) is 29.8 Å². The molecule has 4 heteroatoms. The van der Waals surface area contributed by atoms with Gasteiger partial charge in [-0.25, -0.2) is 0 Å². The Morgan fingerprint density at radius 2 is 2.21 bits per heavy atom. The minimum absolute atomic E-state index is 0.108. The summed E-state index contributed by atoms with van der Waals surface area (Å²) in [7, 11) is 0. The third-order valence-electron chi connectivity index (χ3n) is 4.44. The van der Waals surface area contributed by atoms with Crippen LogP contribution in [0.4, 0.5) is 0 Å². The second-order valence-corrected chi connectivity index (χ2v) is 7.47. The Kier molecular flexibility index (Phi) is 5.70. The maximum Gasteiger partial charge on any atom is 0.228 e. The molecule has 0 aromatic carbocycles. The molecule has 0 bridgehead atoms. The van der Waals surface area contributed by atoms with Crippen LogP contribution in [0.2, 0.25) is 0 Å². The van der Waals surface area contributed by atoms with Gasteiger partial charge in [-0.05, 0) is 38.5 Å². The van der Waals surface area contributed by atoms with E-state index in [1.54, 1.807) is 0 Å². The van der Waals surface area contributed by atoms with Gasteiger partial charge in [-0.3, -0.25) is 4.79 Å². The molecular weight excluding hydrogens is 306 g/mol. The summed E-state index contributed by atoms with van der Waals surface area (Å²) < 4.78 is 5.69. The summed E-state index contributed by atoms with van der Waals surface area (Å²) >= 11 is 3.63. The lowest BCUT2D eigenvalue weighted by molar-refractivity contribution is -0.141. The zero-order valence-corrected chi connectivity index (χ0v) is 13.7. The number of rotatable bonds is 4. The van der Waals surface area contributed by atoms with Crippen LogP contribution in [0.5, 0.6) is 0 Å². The van der Waals surface area contributed by atoms with Crippen molar-refractivity contribution in [2.24, 2.45) is 5.92 Å². The van der Waals surface area contributed by atoms with Gasteiger partial charge in [0.15, 0.2) is 0 Å². The Hall–Kier alpha value is -0.0900. The first-order valence-electron chi connectivity index (χ1n) is 7.69. The highest BCUT2D eigenvalue weighted by Gasteiger charge is 2.38. The Balaban J connectivity index is 2.02. The number of hydrogen-bond acceptors (Lipinski definition) is 2. The standard InChI is InChI=1S/C15H26BrNO2/c1-3-14-13(7-9-19-14)15(18)17-8-5-4-6-12(17)10-11(2)16/h11-14H,3-10H2,1-2H3. The summed E-state index contributed by atoms with van der Waals surface area (Å²) in [6.45, 7) is 5.98. The van der Waals surface area contributed by atoms with Crippen LogP contribution in [0.25, 0.3) is 0 Å².